The molecule has 2 N–H and O–H groups in total. The summed E-state index contributed by atoms with van der Waals surface area (Å²) in [6, 6.07) is 5.88. The fourth-order valence-electron chi connectivity index (χ4n) is 3.08. The van der Waals surface area contributed by atoms with Gasteiger partial charge in [-0.25, -0.2) is 4.98 Å². The Morgan fingerprint density at radius 1 is 1.29 bits per heavy atom. The molecule has 0 amide bonds. The van der Waals surface area contributed by atoms with Gasteiger partial charge in [0, 0.05) is 6.54 Å². The van der Waals surface area contributed by atoms with Crippen LogP contribution >= 0.6 is 0 Å². The highest BCUT2D eigenvalue weighted by Crippen LogP contribution is 2.27. The van der Waals surface area contributed by atoms with Crippen molar-refractivity contribution in [2.45, 2.75) is 44.8 Å². The maximum Gasteiger partial charge on any atom is 0.201 e. The van der Waals surface area contributed by atoms with E-state index in [4.69, 9.17) is 15.2 Å². The molecule has 5 nitrogen and oxygen atoms in total. The fraction of sp³-hybridized carbons (Fsp3) is 0.562. The maximum atomic E-state index is 6.04. The minimum Gasteiger partial charge on any atom is -0.494 e. The third kappa shape index (κ3) is 2.97. The summed E-state index contributed by atoms with van der Waals surface area (Å²) in [7, 11) is 1.65. The Balaban J connectivity index is 1.70. The van der Waals surface area contributed by atoms with Crippen molar-refractivity contribution in [3.63, 3.8) is 0 Å². The van der Waals surface area contributed by atoms with Gasteiger partial charge in [0.15, 0.2) is 0 Å². The smallest absolute Gasteiger partial charge is 0.201 e. The lowest BCUT2D eigenvalue weighted by molar-refractivity contribution is 0.0246. The summed E-state index contributed by atoms with van der Waals surface area (Å²) in [4.78, 5) is 4.41. The van der Waals surface area contributed by atoms with Crippen molar-refractivity contribution in [1.29, 1.82) is 0 Å². The molecule has 1 aliphatic rings. The summed E-state index contributed by atoms with van der Waals surface area (Å²) in [5.74, 6) is 1.27. The van der Waals surface area contributed by atoms with Crippen LogP contribution in [0, 0.1) is 0 Å². The number of benzene rings is 1. The molecule has 0 aliphatic heterocycles. The normalized spacial score (nSPS) is 16.4. The number of methoxy groups -OCH3 is 1. The number of rotatable bonds is 5. The molecular formula is C16H23N3O2. The van der Waals surface area contributed by atoms with Crippen molar-refractivity contribution >= 4 is 17.0 Å². The van der Waals surface area contributed by atoms with Crippen molar-refractivity contribution in [3.8, 4) is 5.75 Å². The van der Waals surface area contributed by atoms with Crippen molar-refractivity contribution in [3.05, 3.63) is 18.2 Å². The van der Waals surface area contributed by atoms with Gasteiger partial charge >= 0.3 is 0 Å². The van der Waals surface area contributed by atoms with E-state index in [-0.39, 0.29) is 0 Å². The Hall–Kier alpha value is -1.75. The number of nitrogens with two attached hydrogens (primary N) is 1. The Kier molecular flexibility index (Phi) is 4.29. The van der Waals surface area contributed by atoms with Crippen LogP contribution in [-0.4, -0.2) is 29.4 Å². The van der Waals surface area contributed by atoms with E-state index in [1.165, 1.54) is 32.1 Å². The fourth-order valence-corrected chi connectivity index (χ4v) is 3.08. The minimum atomic E-state index is 0.421. The van der Waals surface area contributed by atoms with Crippen molar-refractivity contribution in [1.82, 2.24) is 9.55 Å². The molecule has 0 unspecified atom stereocenters. The van der Waals surface area contributed by atoms with E-state index in [0.717, 1.165) is 23.3 Å². The number of fused-ring (bicyclic) bond motifs is 1. The molecule has 1 heterocycles. The maximum absolute atomic E-state index is 6.04. The second-order valence-electron chi connectivity index (χ2n) is 5.58. The van der Waals surface area contributed by atoms with Gasteiger partial charge in [0.05, 0.1) is 25.3 Å². The van der Waals surface area contributed by atoms with E-state index >= 15 is 0 Å². The summed E-state index contributed by atoms with van der Waals surface area (Å²) in [5, 5.41) is 0. The topological polar surface area (TPSA) is 62.3 Å². The molecule has 5 heteroatoms. The standard InChI is InChI=1S/C16H23N3O2/c1-20-14-9-5-8-13-15(14)18-16(17)19(13)10-11-21-12-6-3-2-4-7-12/h5,8-9,12H,2-4,6-7,10-11H2,1H3,(H2,17,18). The number of nitrogen functional groups attached to an aromatic ring is 1. The van der Waals surface area contributed by atoms with Crippen LogP contribution in [0.2, 0.25) is 0 Å². The number of nitrogens with zero attached hydrogens (tertiary/aromatic N) is 2. The van der Waals surface area contributed by atoms with Gasteiger partial charge in [-0.05, 0) is 25.0 Å². The molecule has 2 aromatic rings. The van der Waals surface area contributed by atoms with Crippen LogP contribution in [0.25, 0.3) is 11.0 Å². The number of hydrogen-bond donors (Lipinski definition) is 1. The monoisotopic (exact) mass is 289 g/mol. The van der Waals surface area contributed by atoms with Crippen molar-refractivity contribution in [2.24, 2.45) is 0 Å². The lowest BCUT2D eigenvalue weighted by atomic mass is 9.98. The van der Waals surface area contributed by atoms with Crippen LogP contribution in [0.5, 0.6) is 5.75 Å². The first-order chi connectivity index (χ1) is 10.3. The number of anilines is 1. The third-order valence-electron chi connectivity index (χ3n) is 4.21. The van der Waals surface area contributed by atoms with E-state index in [2.05, 4.69) is 4.98 Å². The molecule has 3 rings (SSSR count). The summed E-state index contributed by atoms with van der Waals surface area (Å²) in [5.41, 5.74) is 7.85. The van der Waals surface area contributed by atoms with Crippen molar-refractivity contribution < 1.29 is 9.47 Å². The highest BCUT2D eigenvalue weighted by molar-refractivity contribution is 5.84. The Bertz CT molecular complexity index is 603. The zero-order valence-electron chi connectivity index (χ0n) is 12.5. The van der Waals surface area contributed by atoms with Gasteiger partial charge in [-0.2, -0.15) is 0 Å². The summed E-state index contributed by atoms with van der Waals surface area (Å²) >= 11 is 0. The van der Waals surface area contributed by atoms with Gasteiger partial charge < -0.3 is 19.8 Å². The van der Waals surface area contributed by atoms with Crippen molar-refractivity contribution in [2.75, 3.05) is 19.5 Å². The van der Waals surface area contributed by atoms with Crippen LogP contribution < -0.4 is 10.5 Å². The molecule has 1 aliphatic carbocycles. The van der Waals surface area contributed by atoms with E-state index in [1.54, 1.807) is 7.11 Å². The zero-order chi connectivity index (χ0) is 14.7. The quantitative estimate of drug-likeness (QED) is 0.919. The van der Waals surface area contributed by atoms with Gasteiger partial charge in [0.25, 0.3) is 0 Å². The van der Waals surface area contributed by atoms with Crippen LogP contribution in [0.1, 0.15) is 32.1 Å². The lowest BCUT2D eigenvalue weighted by Gasteiger charge is -2.22. The number of hydrogen-bond acceptors (Lipinski definition) is 4. The van der Waals surface area contributed by atoms with Crippen LogP contribution in [0.15, 0.2) is 18.2 Å². The molecule has 0 saturated heterocycles. The van der Waals surface area contributed by atoms with E-state index < -0.39 is 0 Å². The van der Waals surface area contributed by atoms with Crippen LogP contribution in [0.3, 0.4) is 0 Å². The molecule has 1 saturated carbocycles. The molecule has 0 bridgehead atoms. The largest absolute Gasteiger partial charge is 0.494 e. The lowest BCUT2D eigenvalue weighted by Crippen LogP contribution is -2.19. The highest BCUT2D eigenvalue weighted by atomic mass is 16.5. The Morgan fingerprint density at radius 3 is 2.86 bits per heavy atom. The Morgan fingerprint density at radius 2 is 2.10 bits per heavy atom. The Labute approximate surface area is 125 Å². The van der Waals surface area contributed by atoms with Gasteiger partial charge in [-0.3, -0.25) is 0 Å². The van der Waals surface area contributed by atoms with Crippen LogP contribution in [0.4, 0.5) is 5.95 Å². The zero-order valence-corrected chi connectivity index (χ0v) is 12.5. The second kappa shape index (κ2) is 6.35. The molecule has 0 atom stereocenters. The first-order valence-electron chi connectivity index (χ1n) is 7.70. The van der Waals surface area contributed by atoms with Gasteiger partial charge in [0.1, 0.15) is 11.3 Å². The molecule has 1 fully saturated rings. The number of aromatic nitrogens is 2. The third-order valence-corrected chi connectivity index (χ3v) is 4.21. The molecule has 0 spiro atoms. The molecule has 1 aromatic heterocycles. The predicted octanol–water partition coefficient (Wildman–Crippen LogP) is 2.98. The molecule has 1 aromatic carbocycles. The molecular weight excluding hydrogens is 266 g/mol. The summed E-state index contributed by atoms with van der Waals surface area (Å²) in [6.07, 6.45) is 6.72. The number of para-hydroxylation sites is 1. The SMILES string of the molecule is COc1cccc2c1nc(N)n2CCOC1CCCCC1. The first-order valence-corrected chi connectivity index (χ1v) is 7.70. The van der Waals surface area contributed by atoms with E-state index in [1.807, 2.05) is 22.8 Å². The van der Waals surface area contributed by atoms with Crippen LogP contribution in [-0.2, 0) is 11.3 Å². The van der Waals surface area contributed by atoms with E-state index in [0.29, 0.717) is 18.7 Å². The van der Waals surface area contributed by atoms with Gasteiger partial charge in [-0.15, -0.1) is 0 Å². The highest BCUT2D eigenvalue weighted by Gasteiger charge is 2.15. The molecule has 21 heavy (non-hydrogen) atoms. The second-order valence-corrected chi connectivity index (χ2v) is 5.58. The average molecular weight is 289 g/mol. The number of imidazole rings is 1. The summed E-state index contributed by atoms with van der Waals surface area (Å²) in [6.45, 7) is 1.41. The minimum absolute atomic E-state index is 0.421. The predicted molar refractivity (Wildman–Crippen MR) is 83.5 cm³/mol. The summed E-state index contributed by atoms with van der Waals surface area (Å²) < 4.78 is 13.3. The molecule has 114 valence electrons. The van der Waals surface area contributed by atoms with E-state index in [9.17, 15) is 0 Å². The average Bonchev–Trinajstić information content (AvgIpc) is 2.84. The molecule has 0 radical (unpaired) electrons. The first kappa shape index (κ1) is 14.2. The van der Waals surface area contributed by atoms with Gasteiger partial charge in [0.2, 0.25) is 5.95 Å². The number of ether oxygens (including phenoxy) is 2. The van der Waals surface area contributed by atoms with Gasteiger partial charge in [-0.1, -0.05) is 25.3 Å².